The molecule has 74 valence electrons. The van der Waals surface area contributed by atoms with Gasteiger partial charge in [-0.1, -0.05) is 0 Å². The van der Waals surface area contributed by atoms with Gasteiger partial charge in [0.25, 0.3) is 0 Å². The molecule has 14 heavy (non-hydrogen) atoms. The number of pyridine rings is 1. The second-order valence-corrected chi connectivity index (χ2v) is 3.60. The van der Waals surface area contributed by atoms with E-state index in [0.717, 1.165) is 5.82 Å². The van der Waals surface area contributed by atoms with E-state index in [1.54, 1.807) is 6.20 Å². The van der Waals surface area contributed by atoms with Crippen LogP contribution in [0.1, 0.15) is 12.5 Å². The van der Waals surface area contributed by atoms with E-state index in [1.807, 2.05) is 37.9 Å². The van der Waals surface area contributed by atoms with Crippen LogP contribution in [0.2, 0.25) is 0 Å². The third-order valence-corrected chi connectivity index (χ3v) is 2.06. The first-order chi connectivity index (χ1) is 6.63. The molecule has 1 aromatic heterocycles. The highest BCUT2D eigenvalue weighted by Gasteiger charge is 2.06. The highest BCUT2D eigenvalue weighted by molar-refractivity contribution is 5.39. The summed E-state index contributed by atoms with van der Waals surface area (Å²) in [6.07, 6.45) is 1.79. The summed E-state index contributed by atoms with van der Waals surface area (Å²) >= 11 is 0. The van der Waals surface area contributed by atoms with Crippen LogP contribution in [-0.2, 0) is 0 Å². The Kier molecular flexibility index (Phi) is 3.47. The molecule has 1 heterocycles. The molecule has 0 fully saturated rings. The summed E-state index contributed by atoms with van der Waals surface area (Å²) in [5.74, 6) is 0.953. The second-order valence-electron chi connectivity index (χ2n) is 3.60. The Hall–Kier alpha value is -1.56. The molecule has 0 bridgehead atoms. The molecule has 0 aliphatic rings. The third-order valence-electron chi connectivity index (χ3n) is 2.06. The molecule has 0 aliphatic heterocycles. The first kappa shape index (κ1) is 10.5. The van der Waals surface area contributed by atoms with Crippen LogP contribution < -0.4 is 4.90 Å². The van der Waals surface area contributed by atoms with Crippen molar-refractivity contribution in [2.24, 2.45) is 5.92 Å². The maximum Gasteiger partial charge on any atom is 0.128 e. The minimum absolute atomic E-state index is 0.0299. The van der Waals surface area contributed by atoms with Crippen molar-refractivity contribution in [2.45, 2.75) is 13.8 Å². The second kappa shape index (κ2) is 4.61. The summed E-state index contributed by atoms with van der Waals surface area (Å²) in [6.45, 7) is 4.66. The lowest BCUT2D eigenvalue weighted by Crippen LogP contribution is -2.24. The summed E-state index contributed by atoms with van der Waals surface area (Å²) in [4.78, 5) is 6.24. The summed E-state index contributed by atoms with van der Waals surface area (Å²) in [5.41, 5.74) is 1.19. The van der Waals surface area contributed by atoms with Crippen molar-refractivity contribution in [3.8, 4) is 6.07 Å². The van der Waals surface area contributed by atoms with E-state index in [0.29, 0.717) is 6.54 Å². The van der Waals surface area contributed by atoms with Gasteiger partial charge in [0, 0.05) is 19.8 Å². The molecule has 3 nitrogen and oxygen atoms in total. The maximum atomic E-state index is 8.69. The monoisotopic (exact) mass is 189 g/mol. The van der Waals surface area contributed by atoms with Gasteiger partial charge in [-0.25, -0.2) is 4.98 Å². The maximum absolute atomic E-state index is 8.69. The van der Waals surface area contributed by atoms with E-state index in [9.17, 15) is 0 Å². The van der Waals surface area contributed by atoms with Crippen LogP contribution in [0.3, 0.4) is 0 Å². The van der Waals surface area contributed by atoms with Crippen molar-refractivity contribution in [1.82, 2.24) is 4.98 Å². The van der Waals surface area contributed by atoms with E-state index in [4.69, 9.17) is 5.26 Å². The van der Waals surface area contributed by atoms with Gasteiger partial charge in [-0.2, -0.15) is 5.26 Å². The number of aryl methyl sites for hydroxylation is 1. The molecule has 0 amide bonds. The van der Waals surface area contributed by atoms with Crippen LogP contribution in [0.4, 0.5) is 5.82 Å². The number of anilines is 1. The summed E-state index contributed by atoms with van der Waals surface area (Å²) in [6, 6.07) is 6.19. The Balaban J connectivity index is 2.70. The number of hydrogen-bond acceptors (Lipinski definition) is 3. The van der Waals surface area contributed by atoms with Gasteiger partial charge in [-0.15, -0.1) is 0 Å². The van der Waals surface area contributed by atoms with Crippen molar-refractivity contribution >= 4 is 5.82 Å². The lowest BCUT2D eigenvalue weighted by Gasteiger charge is -2.19. The molecule has 1 unspecified atom stereocenters. The van der Waals surface area contributed by atoms with Gasteiger partial charge in [0.2, 0.25) is 0 Å². The fourth-order valence-corrected chi connectivity index (χ4v) is 1.27. The van der Waals surface area contributed by atoms with E-state index in [1.165, 1.54) is 5.56 Å². The Morgan fingerprint density at radius 1 is 1.64 bits per heavy atom. The average Bonchev–Trinajstić information content (AvgIpc) is 2.17. The molecule has 1 aromatic rings. The van der Waals surface area contributed by atoms with E-state index < -0.39 is 0 Å². The highest BCUT2D eigenvalue weighted by atomic mass is 15.2. The molecule has 0 saturated heterocycles. The van der Waals surface area contributed by atoms with Crippen molar-refractivity contribution in [3.05, 3.63) is 23.9 Å². The van der Waals surface area contributed by atoms with Crippen molar-refractivity contribution in [2.75, 3.05) is 18.5 Å². The van der Waals surface area contributed by atoms with Gasteiger partial charge < -0.3 is 4.90 Å². The Labute approximate surface area is 85.0 Å². The van der Waals surface area contributed by atoms with Crippen molar-refractivity contribution in [1.29, 1.82) is 5.26 Å². The molecule has 1 rings (SSSR count). The quantitative estimate of drug-likeness (QED) is 0.730. The Bertz CT molecular complexity index is 341. The molecular weight excluding hydrogens is 174 g/mol. The van der Waals surface area contributed by atoms with Crippen LogP contribution in [0.5, 0.6) is 0 Å². The zero-order chi connectivity index (χ0) is 10.6. The molecular formula is C11H15N3. The molecule has 3 heteroatoms. The Morgan fingerprint density at radius 2 is 2.36 bits per heavy atom. The zero-order valence-corrected chi connectivity index (χ0v) is 8.86. The molecule has 0 saturated carbocycles. The Morgan fingerprint density at radius 3 is 2.93 bits per heavy atom. The van der Waals surface area contributed by atoms with Crippen LogP contribution in [0.25, 0.3) is 0 Å². The third kappa shape index (κ3) is 2.74. The van der Waals surface area contributed by atoms with Gasteiger partial charge in [-0.3, -0.25) is 0 Å². The average molecular weight is 189 g/mol. The number of aromatic nitrogens is 1. The SMILES string of the molecule is Cc1ccnc(N(C)CC(C)C#N)c1. The number of nitriles is 1. The first-order valence-electron chi connectivity index (χ1n) is 4.67. The minimum atomic E-state index is 0.0299. The molecule has 0 spiro atoms. The largest absolute Gasteiger partial charge is 0.358 e. The van der Waals surface area contributed by atoms with Crippen LogP contribution >= 0.6 is 0 Å². The van der Waals surface area contributed by atoms with Gasteiger partial charge in [0.1, 0.15) is 5.82 Å². The van der Waals surface area contributed by atoms with Gasteiger partial charge in [0.05, 0.1) is 12.0 Å². The zero-order valence-electron chi connectivity index (χ0n) is 8.86. The topological polar surface area (TPSA) is 39.9 Å². The van der Waals surface area contributed by atoms with Crippen LogP contribution in [0.15, 0.2) is 18.3 Å². The lowest BCUT2D eigenvalue weighted by molar-refractivity contribution is 0.710. The smallest absolute Gasteiger partial charge is 0.128 e. The molecule has 0 aromatic carbocycles. The predicted molar refractivity (Wildman–Crippen MR) is 57.0 cm³/mol. The fraction of sp³-hybridized carbons (Fsp3) is 0.455. The minimum Gasteiger partial charge on any atom is -0.358 e. The number of rotatable bonds is 3. The number of hydrogen-bond donors (Lipinski definition) is 0. The fourth-order valence-electron chi connectivity index (χ4n) is 1.27. The van der Waals surface area contributed by atoms with Crippen LogP contribution in [-0.4, -0.2) is 18.6 Å². The van der Waals surface area contributed by atoms with Crippen molar-refractivity contribution < 1.29 is 0 Å². The predicted octanol–water partition coefficient (Wildman–Crippen LogP) is 1.99. The standard InChI is InChI=1S/C11H15N3/c1-9-4-5-13-11(6-9)14(3)8-10(2)7-12/h4-6,10H,8H2,1-3H3. The molecule has 0 N–H and O–H groups in total. The van der Waals surface area contributed by atoms with E-state index >= 15 is 0 Å². The normalized spacial score (nSPS) is 11.9. The van der Waals surface area contributed by atoms with Gasteiger partial charge >= 0.3 is 0 Å². The summed E-state index contributed by atoms with van der Waals surface area (Å²) in [5, 5.41) is 8.69. The lowest BCUT2D eigenvalue weighted by atomic mass is 10.2. The van der Waals surface area contributed by atoms with Gasteiger partial charge in [-0.05, 0) is 31.5 Å². The van der Waals surface area contributed by atoms with E-state index in [2.05, 4.69) is 11.1 Å². The molecule has 1 atom stereocenters. The van der Waals surface area contributed by atoms with Crippen LogP contribution in [0, 0.1) is 24.2 Å². The number of nitrogens with zero attached hydrogens (tertiary/aromatic N) is 3. The first-order valence-corrected chi connectivity index (χ1v) is 4.67. The highest BCUT2D eigenvalue weighted by Crippen LogP contribution is 2.11. The van der Waals surface area contributed by atoms with Crippen molar-refractivity contribution in [3.63, 3.8) is 0 Å². The molecule has 0 radical (unpaired) electrons. The summed E-state index contributed by atoms with van der Waals surface area (Å²) in [7, 11) is 1.95. The van der Waals surface area contributed by atoms with Gasteiger partial charge in [0.15, 0.2) is 0 Å². The van der Waals surface area contributed by atoms with E-state index in [-0.39, 0.29) is 5.92 Å². The molecule has 0 aliphatic carbocycles. The summed E-state index contributed by atoms with van der Waals surface area (Å²) < 4.78 is 0.